The molecular weight excluding hydrogens is 1370 g/mol. The minimum Gasteiger partial charge on any atom is -0.297 e. The molecule has 20 heteroatoms. The van der Waals surface area contributed by atoms with Crippen molar-refractivity contribution in [3.63, 3.8) is 0 Å². The average molecular weight is 1450 g/mol. The van der Waals surface area contributed by atoms with E-state index in [2.05, 4.69) is 130 Å². The van der Waals surface area contributed by atoms with Crippen LogP contribution in [0.2, 0.25) is 0 Å². The summed E-state index contributed by atoms with van der Waals surface area (Å²) >= 11 is 0. The quantitative estimate of drug-likeness (QED) is 0.117. The van der Waals surface area contributed by atoms with Crippen molar-refractivity contribution in [1.29, 1.82) is 0 Å². The predicted molar refractivity (Wildman–Crippen MR) is 436 cm³/mol. The van der Waals surface area contributed by atoms with Crippen LogP contribution < -0.4 is 0 Å². The minimum absolute atomic E-state index is 0.604. The highest BCUT2D eigenvalue weighted by Gasteiger charge is 2.14. The number of fused-ring (bicyclic) bond motifs is 1. The van der Waals surface area contributed by atoms with E-state index >= 15 is 0 Å². The van der Waals surface area contributed by atoms with E-state index in [1.807, 2.05) is 308 Å². The molecule has 111 heavy (non-hydrogen) atoms. The monoisotopic (exact) mass is 1450 g/mol. The first-order chi connectivity index (χ1) is 54.5. The summed E-state index contributed by atoms with van der Waals surface area (Å²) in [5.41, 5.74) is 14.9. The molecule has 0 bridgehead atoms. The van der Waals surface area contributed by atoms with Crippen molar-refractivity contribution >= 4 is 11.0 Å². The molecule has 0 aliphatic rings. The Kier molecular flexibility index (Phi) is 24.9. The van der Waals surface area contributed by atoms with Crippen LogP contribution in [0, 0.1) is 41.5 Å². The summed E-state index contributed by atoms with van der Waals surface area (Å²) in [4.78, 5) is 83.1. The van der Waals surface area contributed by atoms with Crippen LogP contribution in [0.3, 0.4) is 0 Å². The van der Waals surface area contributed by atoms with E-state index in [0.717, 1.165) is 101 Å². The normalized spacial score (nSPS) is 10.4. The highest BCUT2D eigenvalue weighted by molar-refractivity contribution is 5.78. The van der Waals surface area contributed by atoms with Gasteiger partial charge >= 0.3 is 0 Å². The fraction of sp³-hybridized carbons (Fsp3) is 0.0659. The topological polar surface area (TPSA) is 250 Å². The number of para-hydroxylation sites is 3. The van der Waals surface area contributed by atoms with Gasteiger partial charge in [0.2, 0.25) is 0 Å². The number of hydrogen-bond donors (Lipinski definition) is 0. The van der Waals surface area contributed by atoms with E-state index in [-0.39, 0.29) is 0 Å². The summed E-state index contributed by atoms with van der Waals surface area (Å²) in [6.45, 7) is 11.4. The van der Waals surface area contributed by atoms with E-state index < -0.39 is 0 Å². The van der Waals surface area contributed by atoms with Crippen molar-refractivity contribution in [2.45, 2.75) is 41.5 Å². The van der Waals surface area contributed by atoms with Crippen LogP contribution in [-0.2, 0) is 0 Å². The molecule has 18 rings (SSSR count). The smallest absolute Gasteiger partial charge is 0.182 e. The second-order valence-electron chi connectivity index (χ2n) is 24.7. The lowest BCUT2D eigenvalue weighted by Gasteiger charge is -2.06. The molecule has 10 heterocycles. The van der Waals surface area contributed by atoms with Gasteiger partial charge in [-0.2, -0.15) is 0 Å². The first-order valence-corrected chi connectivity index (χ1v) is 35.7. The summed E-state index contributed by atoms with van der Waals surface area (Å²) in [5, 5.41) is 0. The maximum absolute atomic E-state index is 4.55. The van der Waals surface area contributed by atoms with Gasteiger partial charge < -0.3 is 0 Å². The largest absolute Gasteiger partial charge is 0.297 e. The number of nitrogens with zero attached hydrogens (tertiary/aromatic N) is 20. The molecule has 8 aromatic carbocycles. The fourth-order valence-electron chi connectivity index (χ4n) is 11.4. The van der Waals surface area contributed by atoms with Gasteiger partial charge in [0.15, 0.2) is 46.6 Å². The molecule has 10 aromatic heterocycles. The SMILES string of the molecule is Cc1nc(-c2ccccc2)cc(-c2ccncc2)n1.Cc1nc(-c2ccccc2)nc(-c2ccccc2)n1.Cc1nc(-c2ccccc2)nc(-c2ccccn2)n1.Cc1nc(-c2ccccc2)nc(-c2cccnc2)n1.Cc1nc(-c2ccccc2)nc(-c2ccncc2)n1.Cc1nc2ccccc2n1-c1ccccc1. The van der Waals surface area contributed by atoms with Gasteiger partial charge in [-0.05, 0) is 120 Å². The van der Waals surface area contributed by atoms with Gasteiger partial charge in [0.1, 0.15) is 40.6 Å². The van der Waals surface area contributed by atoms with Crippen LogP contribution in [0.4, 0.5) is 0 Å². The summed E-state index contributed by atoms with van der Waals surface area (Å²) in [6.07, 6.45) is 12.2. The molecule has 0 aliphatic heterocycles. The molecule has 0 fully saturated rings. The summed E-state index contributed by atoms with van der Waals surface area (Å²) in [6, 6.07) is 97.4. The van der Waals surface area contributed by atoms with E-state index in [9.17, 15) is 0 Å². The minimum atomic E-state index is 0.604. The molecule has 18 aromatic rings. The maximum Gasteiger partial charge on any atom is 0.182 e. The van der Waals surface area contributed by atoms with Crippen LogP contribution in [0.5, 0.6) is 0 Å². The van der Waals surface area contributed by atoms with Crippen molar-refractivity contribution in [3.05, 3.63) is 376 Å². The van der Waals surface area contributed by atoms with Gasteiger partial charge in [0.05, 0.1) is 22.4 Å². The van der Waals surface area contributed by atoms with Crippen molar-refractivity contribution in [2.24, 2.45) is 0 Å². The zero-order chi connectivity index (χ0) is 76.4. The molecule has 0 N–H and O–H groups in total. The molecule has 20 nitrogen and oxygen atoms in total. The number of aromatic nitrogens is 20. The Morgan fingerprint density at radius 1 is 0.207 bits per heavy atom. The second kappa shape index (κ2) is 37.3. The Hall–Kier alpha value is -15.1. The van der Waals surface area contributed by atoms with Gasteiger partial charge in [-0.1, -0.05) is 218 Å². The number of pyridine rings is 4. The lowest BCUT2D eigenvalue weighted by Crippen LogP contribution is -2.00. The first kappa shape index (κ1) is 74.2. The van der Waals surface area contributed by atoms with Gasteiger partial charge in [0, 0.05) is 99.1 Å². The maximum atomic E-state index is 4.55. The molecule has 538 valence electrons. The van der Waals surface area contributed by atoms with E-state index in [0.29, 0.717) is 64.1 Å². The van der Waals surface area contributed by atoms with E-state index in [1.54, 1.807) is 43.4 Å². The van der Waals surface area contributed by atoms with Gasteiger partial charge in [-0.15, -0.1) is 0 Å². The van der Waals surface area contributed by atoms with Gasteiger partial charge in [0.25, 0.3) is 0 Å². The Morgan fingerprint density at radius 3 is 0.919 bits per heavy atom. The second-order valence-corrected chi connectivity index (χ2v) is 24.7. The lowest BCUT2D eigenvalue weighted by atomic mass is 10.1. The number of imidazole rings is 1. The number of hydrogen-bond acceptors (Lipinski definition) is 19. The number of benzene rings is 8. The van der Waals surface area contributed by atoms with Crippen molar-refractivity contribution in [3.8, 4) is 119 Å². The predicted octanol–water partition coefficient (Wildman–Crippen LogP) is 19.1. The average Bonchev–Trinajstić information content (AvgIpc) is 1.66. The van der Waals surface area contributed by atoms with E-state index in [1.165, 1.54) is 0 Å². The highest BCUT2D eigenvalue weighted by Crippen LogP contribution is 2.27. The van der Waals surface area contributed by atoms with E-state index in [4.69, 9.17) is 0 Å². The van der Waals surface area contributed by atoms with Crippen molar-refractivity contribution in [1.82, 2.24) is 99.3 Å². The van der Waals surface area contributed by atoms with Crippen LogP contribution in [0.25, 0.3) is 130 Å². The summed E-state index contributed by atoms with van der Waals surface area (Å²) < 4.78 is 2.18. The third kappa shape index (κ3) is 20.5. The number of rotatable bonds is 11. The van der Waals surface area contributed by atoms with Gasteiger partial charge in [-0.3, -0.25) is 24.5 Å². The standard InChI is InChI=1S/2C16H13N3.3C15H12N4.C14H12N2/c1-12-17-15(13-8-4-2-5-9-13)19-16(18-12)14-10-6-3-7-11-14;1-12-18-15(13-5-3-2-4-6-13)11-16(19-12)14-7-9-17-10-8-14;1-11-17-14(12-7-3-2-4-8-12)19-15(18-11)13-9-5-6-10-16-13;1-11-17-14(12-6-3-2-4-7-12)19-15(18-11)13-8-5-9-16-10-13;1-11-17-14(12-5-3-2-4-6-12)19-15(18-11)13-7-9-16-10-8-13;1-11-15-13-9-5-6-10-14(13)16(11)12-7-3-2-4-8-12/h2*2-11H,1H3;3*2-10H,1H3;2-10H,1H3. The summed E-state index contributed by atoms with van der Waals surface area (Å²) in [5.74, 6) is 10.0. The zero-order valence-corrected chi connectivity index (χ0v) is 61.8. The summed E-state index contributed by atoms with van der Waals surface area (Å²) in [7, 11) is 0. The molecule has 0 saturated carbocycles. The van der Waals surface area contributed by atoms with Crippen molar-refractivity contribution < 1.29 is 0 Å². The molecule has 0 radical (unpaired) electrons. The molecule has 0 aliphatic carbocycles. The van der Waals surface area contributed by atoms with Crippen LogP contribution in [0.1, 0.15) is 34.9 Å². The lowest BCUT2D eigenvalue weighted by molar-refractivity contribution is 0.983. The molecule has 0 amide bonds. The Balaban J connectivity index is 0.000000117. The van der Waals surface area contributed by atoms with Gasteiger partial charge in [-0.25, -0.2) is 74.8 Å². The van der Waals surface area contributed by atoms with Crippen molar-refractivity contribution in [2.75, 3.05) is 0 Å². The molecular formula is C91H74N20. The third-order valence-corrected chi connectivity index (χ3v) is 16.5. The third-order valence-electron chi connectivity index (χ3n) is 16.5. The fourth-order valence-corrected chi connectivity index (χ4v) is 11.4. The Morgan fingerprint density at radius 2 is 0.523 bits per heavy atom. The van der Waals surface area contributed by atoms with Crippen LogP contribution in [-0.4, -0.2) is 99.3 Å². The molecule has 0 unspecified atom stereocenters. The molecule has 0 atom stereocenters. The Bertz CT molecular complexity index is 4920. The van der Waals surface area contributed by atoms with Crippen LogP contribution in [0.15, 0.2) is 341 Å². The number of aryl methyl sites for hydroxylation is 6. The van der Waals surface area contributed by atoms with Crippen LogP contribution >= 0.6 is 0 Å². The highest BCUT2D eigenvalue weighted by atomic mass is 15.1. The molecule has 0 saturated heterocycles. The molecule has 0 spiro atoms. The Labute approximate surface area is 643 Å². The first-order valence-electron chi connectivity index (χ1n) is 35.7. The zero-order valence-electron chi connectivity index (χ0n) is 61.8.